The molecule has 0 unspecified atom stereocenters. The first kappa shape index (κ1) is 19.1. The number of rotatable bonds is 4. The number of hydrogen-bond acceptors (Lipinski definition) is 4. The van der Waals surface area contributed by atoms with E-state index in [2.05, 4.69) is 5.32 Å². The highest BCUT2D eigenvalue weighted by molar-refractivity contribution is 5.93. The minimum atomic E-state index is -4.49. The zero-order chi connectivity index (χ0) is 19.6. The van der Waals surface area contributed by atoms with Crippen molar-refractivity contribution in [2.75, 3.05) is 19.8 Å². The molecule has 27 heavy (non-hydrogen) atoms. The van der Waals surface area contributed by atoms with Crippen molar-refractivity contribution in [3.8, 4) is 0 Å². The van der Waals surface area contributed by atoms with E-state index in [4.69, 9.17) is 9.47 Å². The van der Waals surface area contributed by atoms with E-state index in [9.17, 15) is 22.8 Å². The molecule has 6 nitrogen and oxygen atoms in total. The molecule has 1 aromatic rings. The molecule has 0 saturated carbocycles. The van der Waals surface area contributed by atoms with Gasteiger partial charge < -0.3 is 19.7 Å². The standard InChI is InChI=1S/C18H19F3N2O4/c1-11-16(27-7-6-26-11)17(25)22-13-8-15(24)23(10-13)9-12-4-2-3-5-14(12)18(19,20)21/h2-5,13H,6-10H2,1H3,(H,22,25)/t13-/m0/s1. The summed E-state index contributed by atoms with van der Waals surface area (Å²) in [6.07, 6.45) is -4.47. The van der Waals surface area contributed by atoms with Gasteiger partial charge in [0.25, 0.3) is 5.91 Å². The van der Waals surface area contributed by atoms with E-state index >= 15 is 0 Å². The van der Waals surface area contributed by atoms with Crippen LogP contribution in [0, 0.1) is 0 Å². The van der Waals surface area contributed by atoms with E-state index in [1.807, 2.05) is 0 Å². The van der Waals surface area contributed by atoms with Gasteiger partial charge in [0.2, 0.25) is 11.7 Å². The maximum absolute atomic E-state index is 13.1. The van der Waals surface area contributed by atoms with Crippen molar-refractivity contribution in [3.63, 3.8) is 0 Å². The Morgan fingerprint density at radius 1 is 1.26 bits per heavy atom. The molecule has 0 aliphatic carbocycles. The number of likely N-dealkylation sites (tertiary alicyclic amines) is 1. The number of carbonyl (C=O) groups is 2. The Bertz CT molecular complexity index is 776. The van der Waals surface area contributed by atoms with Crippen LogP contribution < -0.4 is 5.32 Å². The van der Waals surface area contributed by atoms with E-state index in [-0.39, 0.29) is 43.3 Å². The molecule has 1 atom stereocenters. The molecule has 0 spiro atoms. The minimum Gasteiger partial charge on any atom is -0.491 e. The number of allylic oxidation sites excluding steroid dienone is 1. The second-order valence-electron chi connectivity index (χ2n) is 6.39. The highest BCUT2D eigenvalue weighted by Gasteiger charge is 2.36. The molecule has 1 fully saturated rings. The maximum Gasteiger partial charge on any atom is 0.416 e. The zero-order valence-electron chi connectivity index (χ0n) is 14.6. The Balaban J connectivity index is 1.66. The normalized spacial score (nSPS) is 20.4. The van der Waals surface area contributed by atoms with Crippen LogP contribution in [0.1, 0.15) is 24.5 Å². The molecule has 2 aliphatic heterocycles. The minimum absolute atomic E-state index is 0.0209. The van der Waals surface area contributed by atoms with Crippen molar-refractivity contribution in [3.05, 3.63) is 46.9 Å². The molecular formula is C18H19F3N2O4. The first-order valence-corrected chi connectivity index (χ1v) is 8.46. The van der Waals surface area contributed by atoms with Crippen LogP contribution in [0.4, 0.5) is 13.2 Å². The number of alkyl halides is 3. The van der Waals surface area contributed by atoms with Crippen LogP contribution in [-0.4, -0.2) is 42.5 Å². The van der Waals surface area contributed by atoms with Crippen LogP contribution in [-0.2, 0) is 31.8 Å². The number of amides is 2. The van der Waals surface area contributed by atoms with Crippen molar-refractivity contribution in [1.82, 2.24) is 10.2 Å². The lowest BCUT2D eigenvalue weighted by Gasteiger charge is -2.22. The summed E-state index contributed by atoms with van der Waals surface area (Å²) in [7, 11) is 0. The van der Waals surface area contributed by atoms with E-state index in [1.165, 1.54) is 23.1 Å². The second kappa shape index (κ2) is 7.50. The largest absolute Gasteiger partial charge is 0.491 e. The third kappa shape index (κ3) is 4.35. The van der Waals surface area contributed by atoms with Gasteiger partial charge in [0.1, 0.15) is 19.0 Å². The van der Waals surface area contributed by atoms with Gasteiger partial charge in [0, 0.05) is 19.5 Å². The molecule has 2 aliphatic rings. The highest BCUT2D eigenvalue weighted by Crippen LogP contribution is 2.33. The van der Waals surface area contributed by atoms with Crippen molar-refractivity contribution in [2.45, 2.75) is 32.1 Å². The highest BCUT2D eigenvalue weighted by atomic mass is 19.4. The first-order chi connectivity index (χ1) is 12.8. The smallest absolute Gasteiger partial charge is 0.416 e. The van der Waals surface area contributed by atoms with Gasteiger partial charge in [0.15, 0.2) is 0 Å². The summed E-state index contributed by atoms with van der Waals surface area (Å²) in [6, 6.07) is 4.64. The van der Waals surface area contributed by atoms with Crippen LogP contribution in [0.3, 0.4) is 0 Å². The van der Waals surface area contributed by atoms with Crippen LogP contribution >= 0.6 is 0 Å². The fraction of sp³-hybridized carbons (Fsp3) is 0.444. The summed E-state index contributed by atoms with van der Waals surface area (Å²) in [6.45, 7) is 2.18. The fourth-order valence-electron chi connectivity index (χ4n) is 3.14. The third-order valence-electron chi connectivity index (χ3n) is 4.41. The predicted octanol–water partition coefficient (Wildman–Crippen LogP) is 2.20. The fourth-order valence-corrected chi connectivity index (χ4v) is 3.14. The summed E-state index contributed by atoms with van der Waals surface area (Å²) < 4.78 is 49.9. The SMILES string of the molecule is CC1=C(C(=O)N[C@H]2CC(=O)N(Cc3ccccc3C(F)(F)F)C2)OCCO1. The quantitative estimate of drug-likeness (QED) is 0.864. The molecule has 2 amide bonds. The molecule has 2 heterocycles. The van der Waals surface area contributed by atoms with Gasteiger partial charge in [0.05, 0.1) is 11.6 Å². The predicted molar refractivity (Wildman–Crippen MR) is 88.0 cm³/mol. The Kier molecular flexibility index (Phi) is 5.29. The second-order valence-corrected chi connectivity index (χ2v) is 6.39. The molecule has 146 valence electrons. The lowest BCUT2D eigenvalue weighted by molar-refractivity contribution is -0.139. The molecule has 1 aromatic carbocycles. The monoisotopic (exact) mass is 384 g/mol. The van der Waals surface area contributed by atoms with Crippen LogP contribution in [0.15, 0.2) is 35.8 Å². The lowest BCUT2D eigenvalue weighted by atomic mass is 10.1. The van der Waals surface area contributed by atoms with Crippen molar-refractivity contribution >= 4 is 11.8 Å². The third-order valence-corrected chi connectivity index (χ3v) is 4.41. The first-order valence-electron chi connectivity index (χ1n) is 8.46. The van der Waals surface area contributed by atoms with Crippen molar-refractivity contribution < 1.29 is 32.2 Å². The van der Waals surface area contributed by atoms with Crippen molar-refractivity contribution in [2.24, 2.45) is 0 Å². The summed E-state index contributed by atoms with van der Waals surface area (Å²) in [5, 5.41) is 2.68. The number of halogens is 3. The molecule has 1 N–H and O–H groups in total. The number of nitrogens with one attached hydrogen (secondary N) is 1. The molecular weight excluding hydrogens is 365 g/mol. The Morgan fingerprint density at radius 2 is 1.96 bits per heavy atom. The van der Waals surface area contributed by atoms with Crippen molar-refractivity contribution in [1.29, 1.82) is 0 Å². The van der Waals surface area contributed by atoms with Gasteiger partial charge in [-0.3, -0.25) is 9.59 Å². The molecule has 0 bridgehead atoms. The molecule has 1 saturated heterocycles. The van der Waals surface area contributed by atoms with E-state index in [1.54, 1.807) is 6.92 Å². The zero-order valence-corrected chi connectivity index (χ0v) is 14.6. The number of hydrogen-bond donors (Lipinski definition) is 1. The summed E-state index contributed by atoms with van der Waals surface area (Å²) in [4.78, 5) is 25.8. The molecule has 9 heteroatoms. The lowest BCUT2D eigenvalue weighted by Crippen LogP contribution is -2.39. The average Bonchev–Trinajstić information content (AvgIpc) is 2.94. The Labute approximate surface area is 153 Å². The number of ether oxygens (including phenoxy) is 2. The summed E-state index contributed by atoms with van der Waals surface area (Å²) in [5.41, 5.74) is -0.744. The van der Waals surface area contributed by atoms with Crippen LogP contribution in [0.25, 0.3) is 0 Å². The Hall–Kier alpha value is -2.71. The molecule has 0 radical (unpaired) electrons. The van der Waals surface area contributed by atoms with Crippen LogP contribution in [0.5, 0.6) is 0 Å². The molecule has 3 rings (SSSR count). The van der Waals surface area contributed by atoms with E-state index in [0.29, 0.717) is 12.4 Å². The van der Waals surface area contributed by atoms with Gasteiger partial charge in [-0.2, -0.15) is 13.2 Å². The topological polar surface area (TPSA) is 67.9 Å². The Morgan fingerprint density at radius 3 is 2.67 bits per heavy atom. The number of carbonyl (C=O) groups excluding carboxylic acids is 2. The number of benzene rings is 1. The summed E-state index contributed by atoms with van der Waals surface area (Å²) in [5.74, 6) is -0.389. The average molecular weight is 384 g/mol. The van der Waals surface area contributed by atoms with Gasteiger partial charge in [-0.25, -0.2) is 0 Å². The van der Waals surface area contributed by atoms with Gasteiger partial charge in [-0.15, -0.1) is 0 Å². The van der Waals surface area contributed by atoms with Gasteiger partial charge in [-0.05, 0) is 18.6 Å². The maximum atomic E-state index is 13.1. The molecule has 0 aromatic heterocycles. The van der Waals surface area contributed by atoms with E-state index < -0.39 is 23.7 Å². The van der Waals surface area contributed by atoms with Gasteiger partial charge in [-0.1, -0.05) is 18.2 Å². The van der Waals surface area contributed by atoms with E-state index in [0.717, 1.165) is 6.07 Å². The number of nitrogens with zero attached hydrogens (tertiary/aromatic N) is 1. The summed E-state index contributed by atoms with van der Waals surface area (Å²) >= 11 is 0. The van der Waals surface area contributed by atoms with Crippen LogP contribution in [0.2, 0.25) is 0 Å². The van der Waals surface area contributed by atoms with Gasteiger partial charge >= 0.3 is 6.18 Å².